The molecule has 0 radical (unpaired) electrons. The van der Waals surface area contributed by atoms with Gasteiger partial charge >= 0.3 is 5.97 Å². The number of esters is 1. The van der Waals surface area contributed by atoms with Crippen LogP contribution in [0.2, 0.25) is 0 Å². The van der Waals surface area contributed by atoms with Gasteiger partial charge in [-0.15, -0.1) is 0 Å². The van der Waals surface area contributed by atoms with Crippen LogP contribution in [-0.4, -0.2) is 25.7 Å². The van der Waals surface area contributed by atoms with Crippen LogP contribution in [-0.2, 0) is 9.53 Å². The monoisotopic (exact) mass is 245 g/mol. The van der Waals surface area contributed by atoms with Crippen molar-refractivity contribution in [3.05, 3.63) is 29.8 Å². The molecule has 3 nitrogen and oxygen atoms in total. The van der Waals surface area contributed by atoms with E-state index in [-0.39, 0.29) is 0 Å². The molecule has 1 aromatic rings. The van der Waals surface area contributed by atoms with E-state index in [1.165, 1.54) is 0 Å². The van der Waals surface area contributed by atoms with E-state index in [0.29, 0.717) is 0 Å². The standard InChI is InChI=1S/C15H19NO2/c1-15(2,3)18-14(17)11-8-12-6-9-13(10-7-12)16(4)5/h6-7,9-10H,1-5H3. The zero-order valence-electron chi connectivity index (χ0n) is 11.6. The van der Waals surface area contributed by atoms with Crippen molar-refractivity contribution in [1.29, 1.82) is 0 Å². The zero-order chi connectivity index (χ0) is 13.8. The molecule has 1 rings (SSSR count). The Morgan fingerprint density at radius 1 is 1.17 bits per heavy atom. The normalized spacial score (nSPS) is 10.3. The van der Waals surface area contributed by atoms with Gasteiger partial charge in [-0.05, 0) is 45.0 Å². The quantitative estimate of drug-likeness (QED) is 0.562. The number of hydrogen-bond acceptors (Lipinski definition) is 3. The van der Waals surface area contributed by atoms with Crippen LogP contribution in [0.15, 0.2) is 24.3 Å². The summed E-state index contributed by atoms with van der Waals surface area (Å²) in [7, 11) is 3.95. The Morgan fingerprint density at radius 3 is 2.17 bits per heavy atom. The van der Waals surface area contributed by atoms with E-state index >= 15 is 0 Å². The number of benzene rings is 1. The smallest absolute Gasteiger partial charge is 0.385 e. The molecule has 0 heterocycles. The fraction of sp³-hybridized carbons (Fsp3) is 0.400. The van der Waals surface area contributed by atoms with Gasteiger partial charge in [-0.25, -0.2) is 4.79 Å². The Labute approximate surface area is 109 Å². The molecule has 0 aliphatic carbocycles. The van der Waals surface area contributed by atoms with Crippen molar-refractivity contribution in [2.75, 3.05) is 19.0 Å². The van der Waals surface area contributed by atoms with Gasteiger partial charge in [0.15, 0.2) is 0 Å². The highest BCUT2D eigenvalue weighted by molar-refractivity contribution is 5.89. The summed E-state index contributed by atoms with van der Waals surface area (Å²) in [5.41, 5.74) is 1.39. The lowest BCUT2D eigenvalue weighted by molar-refractivity contribution is -0.147. The molecule has 0 unspecified atom stereocenters. The second-order valence-electron chi connectivity index (χ2n) is 5.19. The Morgan fingerprint density at radius 2 is 1.72 bits per heavy atom. The van der Waals surface area contributed by atoms with Gasteiger partial charge in [0.25, 0.3) is 0 Å². The SMILES string of the molecule is CN(C)c1ccc(C#CC(=O)OC(C)(C)C)cc1. The molecule has 0 fully saturated rings. The second kappa shape index (κ2) is 5.59. The van der Waals surface area contributed by atoms with Gasteiger partial charge in [-0.1, -0.05) is 5.92 Å². The summed E-state index contributed by atoms with van der Waals surface area (Å²) in [4.78, 5) is 13.4. The van der Waals surface area contributed by atoms with Crippen molar-refractivity contribution in [2.24, 2.45) is 0 Å². The number of carbonyl (C=O) groups excluding carboxylic acids is 1. The van der Waals surface area contributed by atoms with Crippen molar-refractivity contribution >= 4 is 11.7 Å². The summed E-state index contributed by atoms with van der Waals surface area (Å²) in [6.45, 7) is 5.45. The van der Waals surface area contributed by atoms with Crippen molar-refractivity contribution in [1.82, 2.24) is 0 Å². The highest BCUT2D eigenvalue weighted by atomic mass is 16.6. The average Bonchev–Trinajstić information content (AvgIpc) is 2.24. The molecule has 0 saturated heterocycles. The predicted molar refractivity (Wildman–Crippen MR) is 73.5 cm³/mol. The topological polar surface area (TPSA) is 29.5 Å². The van der Waals surface area contributed by atoms with Crippen molar-refractivity contribution < 1.29 is 9.53 Å². The van der Waals surface area contributed by atoms with E-state index in [4.69, 9.17) is 4.74 Å². The van der Waals surface area contributed by atoms with Gasteiger partial charge < -0.3 is 9.64 Å². The van der Waals surface area contributed by atoms with Gasteiger partial charge in [0.05, 0.1) is 0 Å². The molecule has 0 atom stereocenters. The van der Waals surface area contributed by atoms with Crippen LogP contribution in [0.5, 0.6) is 0 Å². The molecule has 0 N–H and O–H groups in total. The average molecular weight is 245 g/mol. The molecule has 18 heavy (non-hydrogen) atoms. The lowest BCUT2D eigenvalue weighted by Gasteiger charge is -2.16. The summed E-state index contributed by atoms with van der Waals surface area (Å²) in [5.74, 6) is 4.77. The highest BCUT2D eigenvalue weighted by Gasteiger charge is 2.14. The first-order valence-electron chi connectivity index (χ1n) is 5.80. The summed E-state index contributed by atoms with van der Waals surface area (Å²) in [5, 5.41) is 0. The van der Waals surface area contributed by atoms with E-state index in [1.807, 2.05) is 64.0 Å². The summed E-state index contributed by atoms with van der Waals surface area (Å²) >= 11 is 0. The van der Waals surface area contributed by atoms with Crippen molar-refractivity contribution in [2.45, 2.75) is 26.4 Å². The van der Waals surface area contributed by atoms with E-state index in [0.717, 1.165) is 11.3 Å². The summed E-state index contributed by atoms with van der Waals surface area (Å²) < 4.78 is 5.10. The molecule has 0 aliphatic rings. The van der Waals surface area contributed by atoms with E-state index in [9.17, 15) is 4.79 Å². The first-order valence-corrected chi connectivity index (χ1v) is 5.80. The maximum atomic E-state index is 11.4. The second-order valence-corrected chi connectivity index (χ2v) is 5.19. The van der Waals surface area contributed by atoms with Gasteiger partial charge in [0, 0.05) is 31.3 Å². The third-order valence-corrected chi connectivity index (χ3v) is 2.09. The lowest BCUT2D eigenvalue weighted by atomic mass is 10.2. The molecule has 0 aromatic heterocycles. The largest absolute Gasteiger partial charge is 0.450 e. The molecule has 0 saturated carbocycles. The van der Waals surface area contributed by atoms with Crippen molar-refractivity contribution in [3.63, 3.8) is 0 Å². The Bertz CT molecular complexity index is 470. The van der Waals surface area contributed by atoms with E-state index in [1.54, 1.807) is 0 Å². The number of ether oxygens (including phenoxy) is 1. The predicted octanol–water partition coefficient (Wildman–Crippen LogP) is 2.45. The van der Waals surface area contributed by atoms with E-state index < -0.39 is 11.6 Å². The fourth-order valence-electron chi connectivity index (χ4n) is 1.27. The number of anilines is 1. The van der Waals surface area contributed by atoms with Gasteiger partial charge in [0.2, 0.25) is 0 Å². The van der Waals surface area contributed by atoms with Gasteiger partial charge in [-0.3, -0.25) is 0 Å². The number of nitrogens with zero attached hydrogens (tertiary/aromatic N) is 1. The molecular formula is C15H19NO2. The van der Waals surface area contributed by atoms with Crippen LogP contribution in [0.4, 0.5) is 5.69 Å². The molecule has 0 aliphatic heterocycles. The molecule has 0 bridgehead atoms. The maximum absolute atomic E-state index is 11.4. The molecule has 0 amide bonds. The lowest BCUT2D eigenvalue weighted by Crippen LogP contribution is -2.22. The molecule has 0 spiro atoms. The fourth-order valence-corrected chi connectivity index (χ4v) is 1.27. The Hall–Kier alpha value is -1.95. The molecular weight excluding hydrogens is 226 g/mol. The first kappa shape index (κ1) is 14.1. The third kappa shape index (κ3) is 4.92. The van der Waals surface area contributed by atoms with Crippen LogP contribution in [0.25, 0.3) is 0 Å². The first-order chi connectivity index (χ1) is 8.28. The number of rotatable bonds is 1. The minimum Gasteiger partial charge on any atom is -0.450 e. The minimum absolute atomic E-state index is 0.499. The molecule has 1 aromatic carbocycles. The molecule has 96 valence electrons. The van der Waals surface area contributed by atoms with Crippen molar-refractivity contribution in [3.8, 4) is 11.8 Å². The number of carbonyl (C=O) groups is 1. The van der Waals surface area contributed by atoms with Gasteiger partial charge in [-0.2, -0.15) is 0 Å². The summed E-state index contributed by atoms with van der Waals surface area (Å²) in [6.07, 6.45) is 0. The van der Waals surface area contributed by atoms with Crippen LogP contribution in [0.1, 0.15) is 26.3 Å². The highest BCUT2D eigenvalue weighted by Crippen LogP contribution is 2.11. The Kier molecular flexibility index (Phi) is 4.38. The maximum Gasteiger partial charge on any atom is 0.385 e. The van der Waals surface area contributed by atoms with E-state index in [2.05, 4.69) is 11.8 Å². The third-order valence-electron chi connectivity index (χ3n) is 2.09. The van der Waals surface area contributed by atoms with Crippen LogP contribution < -0.4 is 4.90 Å². The van der Waals surface area contributed by atoms with Crippen LogP contribution in [0.3, 0.4) is 0 Å². The number of hydrogen-bond donors (Lipinski definition) is 0. The zero-order valence-corrected chi connectivity index (χ0v) is 11.6. The van der Waals surface area contributed by atoms with Crippen LogP contribution in [0, 0.1) is 11.8 Å². The molecule has 3 heteroatoms. The minimum atomic E-state index is -0.501. The van der Waals surface area contributed by atoms with Gasteiger partial charge in [0.1, 0.15) is 5.60 Å². The Balaban J connectivity index is 2.71. The summed E-state index contributed by atoms with van der Waals surface area (Å²) in [6, 6.07) is 7.68. The van der Waals surface area contributed by atoms with Crippen LogP contribution >= 0.6 is 0 Å².